The van der Waals surface area contributed by atoms with E-state index in [4.69, 9.17) is 0 Å². The molecule has 1 N–H and O–H groups in total. The maximum Gasteiger partial charge on any atom is 0.219 e. The van der Waals surface area contributed by atoms with Crippen molar-refractivity contribution in [2.45, 2.75) is 44.2 Å². The van der Waals surface area contributed by atoms with Crippen LogP contribution in [0, 0.1) is 0 Å². The van der Waals surface area contributed by atoms with Gasteiger partial charge in [0.15, 0.2) is 0 Å². The number of likely N-dealkylation sites (tertiary alicyclic amines) is 2. The fourth-order valence-electron chi connectivity index (χ4n) is 3.61. The van der Waals surface area contributed by atoms with Crippen molar-refractivity contribution in [2.24, 2.45) is 0 Å². The second-order valence-corrected chi connectivity index (χ2v) is 6.49. The van der Waals surface area contributed by atoms with Crippen LogP contribution in [-0.2, 0) is 4.79 Å². The third-order valence-corrected chi connectivity index (χ3v) is 4.93. The van der Waals surface area contributed by atoms with E-state index in [1.165, 1.54) is 0 Å². The summed E-state index contributed by atoms with van der Waals surface area (Å²) in [7, 11) is 0. The molecule has 3 rings (SSSR count). The Labute approximate surface area is 131 Å². The zero-order valence-corrected chi connectivity index (χ0v) is 13.1. The zero-order valence-electron chi connectivity index (χ0n) is 13.1. The fraction of sp³-hybridized carbons (Fsp3) is 0.688. The highest BCUT2D eigenvalue weighted by atomic mass is 16.3. The first-order valence-electron chi connectivity index (χ1n) is 8.05. The number of aliphatic hydroxyl groups is 1. The van der Waals surface area contributed by atoms with Gasteiger partial charge in [0.25, 0.3) is 0 Å². The molecule has 2 aliphatic heterocycles. The quantitative estimate of drug-likeness (QED) is 0.902. The molecule has 2 fully saturated rings. The molecule has 3 heterocycles. The molecule has 2 saturated heterocycles. The Balaban J connectivity index is 1.64. The van der Waals surface area contributed by atoms with E-state index in [2.05, 4.69) is 14.9 Å². The van der Waals surface area contributed by atoms with Crippen molar-refractivity contribution in [3.63, 3.8) is 0 Å². The Morgan fingerprint density at radius 2 is 2.14 bits per heavy atom. The van der Waals surface area contributed by atoms with E-state index >= 15 is 0 Å². The van der Waals surface area contributed by atoms with Gasteiger partial charge in [-0.15, -0.1) is 0 Å². The van der Waals surface area contributed by atoms with Gasteiger partial charge in [0.05, 0.1) is 17.3 Å². The summed E-state index contributed by atoms with van der Waals surface area (Å²) in [6.07, 6.45) is 8.73. The molecule has 0 aromatic carbocycles. The van der Waals surface area contributed by atoms with Crippen molar-refractivity contribution in [1.82, 2.24) is 19.8 Å². The molecular weight excluding hydrogens is 280 g/mol. The minimum atomic E-state index is -0.698. The Bertz CT molecular complexity index is 514. The lowest BCUT2D eigenvalue weighted by Crippen LogP contribution is -2.51. The van der Waals surface area contributed by atoms with Gasteiger partial charge in [-0.1, -0.05) is 0 Å². The van der Waals surface area contributed by atoms with Gasteiger partial charge in [0.2, 0.25) is 5.91 Å². The summed E-state index contributed by atoms with van der Waals surface area (Å²) in [5.74, 6) is 0.0978. The van der Waals surface area contributed by atoms with Gasteiger partial charge >= 0.3 is 0 Å². The van der Waals surface area contributed by atoms with E-state index in [0.29, 0.717) is 32.5 Å². The van der Waals surface area contributed by atoms with Crippen molar-refractivity contribution in [3.8, 4) is 0 Å². The number of carbonyl (C=O) groups is 1. The Morgan fingerprint density at radius 3 is 2.77 bits per heavy atom. The summed E-state index contributed by atoms with van der Waals surface area (Å²) in [5, 5.41) is 10.9. The topological polar surface area (TPSA) is 69.6 Å². The van der Waals surface area contributed by atoms with Crippen LogP contribution in [0.25, 0.3) is 0 Å². The number of aromatic nitrogens is 2. The van der Waals surface area contributed by atoms with Crippen LogP contribution in [0.4, 0.5) is 0 Å². The van der Waals surface area contributed by atoms with Crippen molar-refractivity contribution < 1.29 is 9.90 Å². The summed E-state index contributed by atoms with van der Waals surface area (Å²) in [6.45, 7) is 4.53. The second-order valence-electron chi connectivity index (χ2n) is 6.49. The molecule has 0 unspecified atom stereocenters. The van der Waals surface area contributed by atoms with E-state index < -0.39 is 5.60 Å². The number of β-amino-alcohol motifs (C(OH)–C–C–N with tert-alkyl or cyclic N) is 1. The summed E-state index contributed by atoms with van der Waals surface area (Å²) in [5.41, 5.74) is 0.293. The van der Waals surface area contributed by atoms with Crippen LogP contribution in [-0.4, -0.2) is 62.6 Å². The number of rotatable bonds is 3. The van der Waals surface area contributed by atoms with Crippen molar-refractivity contribution in [2.75, 3.05) is 26.2 Å². The maximum atomic E-state index is 11.4. The molecule has 2 aliphatic rings. The number of hydrogen-bond acceptors (Lipinski definition) is 5. The van der Waals surface area contributed by atoms with E-state index in [1.807, 2.05) is 11.1 Å². The molecule has 0 spiro atoms. The zero-order chi connectivity index (χ0) is 15.6. The van der Waals surface area contributed by atoms with Gasteiger partial charge in [-0.25, -0.2) is 0 Å². The first-order valence-corrected chi connectivity index (χ1v) is 8.05. The lowest BCUT2D eigenvalue weighted by molar-refractivity contribution is -0.133. The van der Waals surface area contributed by atoms with Crippen LogP contribution < -0.4 is 0 Å². The summed E-state index contributed by atoms with van der Waals surface area (Å²) in [6, 6.07) is 0.253. The minimum absolute atomic E-state index is 0.0978. The smallest absolute Gasteiger partial charge is 0.219 e. The highest BCUT2D eigenvalue weighted by molar-refractivity contribution is 5.73. The monoisotopic (exact) mass is 304 g/mol. The molecule has 0 radical (unpaired) electrons. The predicted octanol–water partition coefficient (Wildman–Crippen LogP) is 0.987. The van der Waals surface area contributed by atoms with Crippen molar-refractivity contribution >= 4 is 5.91 Å². The average molecular weight is 304 g/mol. The lowest BCUT2D eigenvalue weighted by Gasteiger charge is -2.41. The maximum absolute atomic E-state index is 11.4. The van der Waals surface area contributed by atoms with Crippen LogP contribution in [0.1, 0.15) is 44.3 Å². The Morgan fingerprint density at radius 1 is 1.36 bits per heavy atom. The van der Waals surface area contributed by atoms with Gasteiger partial charge in [0.1, 0.15) is 0 Å². The van der Waals surface area contributed by atoms with E-state index in [0.717, 1.165) is 25.1 Å². The van der Waals surface area contributed by atoms with Gasteiger partial charge in [-0.3, -0.25) is 19.7 Å². The minimum Gasteiger partial charge on any atom is -0.388 e. The largest absolute Gasteiger partial charge is 0.388 e. The molecule has 0 saturated carbocycles. The molecule has 0 bridgehead atoms. The van der Waals surface area contributed by atoms with Crippen LogP contribution >= 0.6 is 0 Å². The normalized spacial score (nSPS) is 25.4. The van der Waals surface area contributed by atoms with Gasteiger partial charge in [-0.2, -0.15) is 0 Å². The third-order valence-electron chi connectivity index (χ3n) is 4.93. The van der Waals surface area contributed by atoms with Gasteiger partial charge in [0, 0.05) is 45.1 Å². The number of nitrogens with zero attached hydrogens (tertiary/aromatic N) is 4. The molecule has 120 valence electrons. The molecule has 1 aromatic heterocycles. The summed E-state index contributed by atoms with van der Waals surface area (Å²) < 4.78 is 0. The fourth-order valence-corrected chi connectivity index (χ4v) is 3.61. The lowest BCUT2D eigenvalue weighted by atomic mass is 9.90. The van der Waals surface area contributed by atoms with Crippen LogP contribution in [0.2, 0.25) is 0 Å². The number of carbonyl (C=O) groups excluding carboxylic acids is 1. The first-order chi connectivity index (χ1) is 10.6. The van der Waals surface area contributed by atoms with Crippen LogP contribution in [0.15, 0.2) is 18.6 Å². The van der Waals surface area contributed by atoms with Crippen molar-refractivity contribution in [3.05, 3.63) is 24.3 Å². The molecule has 1 aromatic rings. The standard InChI is InChI=1S/C16H24N4O2/c1-13(21)19-9-4-16(22,5-10-19)12-20-8-2-3-15(20)14-11-17-6-7-18-14/h6-7,11,15,22H,2-5,8-10,12H2,1H3/t15-/m1/s1. The summed E-state index contributed by atoms with van der Waals surface area (Å²) >= 11 is 0. The Kier molecular flexibility index (Phi) is 4.40. The van der Waals surface area contributed by atoms with E-state index in [-0.39, 0.29) is 11.9 Å². The molecule has 1 atom stereocenters. The number of hydrogen-bond donors (Lipinski definition) is 1. The SMILES string of the molecule is CC(=O)N1CCC(O)(CN2CCC[C@@H]2c2cnccn2)CC1. The molecule has 0 aliphatic carbocycles. The van der Waals surface area contributed by atoms with Gasteiger partial charge < -0.3 is 10.0 Å². The van der Waals surface area contributed by atoms with E-state index in [1.54, 1.807) is 19.3 Å². The molecular formula is C16H24N4O2. The number of amides is 1. The van der Waals surface area contributed by atoms with E-state index in [9.17, 15) is 9.90 Å². The van der Waals surface area contributed by atoms with Crippen molar-refractivity contribution in [1.29, 1.82) is 0 Å². The molecule has 6 nitrogen and oxygen atoms in total. The van der Waals surface area contributed by atoms with Crippen LogP contribution in [0.5, 0.6) is 0 Å². The van der Waals surface area contributed by atoms with Crippen LogP contribution in [0.3, 0.4) is 0 Å². The highest BCUT2D eigenvalue weighted by Crippen LogP contribution is 2.34. The second kappa shape index (κ2) is 6.30. The predicted molar refractivity (Wildman–Crippen MR) is 82.0 cm³/mol. The average Bonchev–Trinajstić information content (AvgIpc) is 2.96. The highest BCUT2D eigenvalue weighted by Gasteiger charge is 2.38. The first kappa shape index (κ1) is 15.4. The van der Waals surface area contributed by atoms with Gasteiger partial charge in [-0.05, 0) is 32.2 Å². The Hall–Kier alpha value is -1.53. The molecule has 1 amide bonds. The molecule has 6 heteroatoms. The summed E-state index contributed by atoms with van der Waals surface area (Å²) in [4.78, 5) is 24.1. The molecule has 22 heavy (non-hydrogen) atoms. The third kappa shape index (κ3) is 3.28. The number of piperidine rings is 1.